The van der Waals surface area contributed by atoms with E-state index in [2.05, 4.69) is 5.32 Å². The third-order valence-electron chi connectivity index (χ3n) is 4.63. The Morgan fingerprint density at radius 3 is 2.33 bits per heavy atom. The Morgan fingerprint density at radius 2 is 1.70 bits per heavy atom. The first-order valence-corrected chi connectivity index (χ1v) is 11.7. The highest BCUT2D eigenvalue weighted by Gasteiger charge is 2.22. The van der Waals surface area contributed by atoms with Crippen LogP contribution < -0.4 is 19.1 Å². The fourth-order valence-electron chi connectivity index (χ4n) is 2.98. The molecular weight excluding hydrogens is 404 g/mol. The van der Waals surface area contributed by atoms with Crippen LogP contribution in [-0.4, -0.2) is 40.3 Å². The number of sulfonamides is 1. The number of nitrogens with zero attached hydrogens (tertiary/aromatic N) is 1. The van der Waals surface area contributed by atoms with Crippen molar-refractivity contribution in [1.29, 1.82) is 0 Å². The van der Waals surface area contributed by atoms with Gasteiger partial charge in [0.25, 0.3) is 0 Å². The van der Waals surface area contributed by atoms with Crippen molar-refractivity contribution in [1.82, 2.24) is 5.32 Å². The van der Waals surface area contributed by atoms with Gasteiger partial charge in [0.1, 0.15) is 6.54 Å². The lowest BCUT2D eigenvalue weighted by molar-refractivity contribution is -0.119. The van der Waals surface area contributed by atoms with Crippen molar-refractivity contribution in [2.24, 2.45) is 0 Å². The zero-order valence-electron chi connectivity index (χ0n) is 18.2. The molecule has 2 aromatic rings. The minimum atomic E-state index is -3.63. The van der Waals surface area contributed by atoms with E-state index in [0.29, 0.717) is 30.4 Å². The van der Waals surface area contributed by atoms with E-state index in [1.165, 1.54) is 0 Å². The maximum absolute atomic E-state index is 12.5. The summed E-state index contributed by atoms with van der Waals surface area (Å²) in [5.41, 5.74) is 3.11. The van der Waals surface area contributed by atoms with Crippen LogP contribution >= 0.6 is 0 Å². The van der Waals surface area contributed by atoms with E-state index in [1.54, 1.807) is 18.2 Å². The van der Waals surface area contributed by atoms with Gasteiger partial charge in [-0.2, -0.15) is 0 Å². The largest absolute Gasteiger partial charge is 0.490 e. The van der Waals surface area contributed by atoms with Crippen LogP contribution in [0.2, 0.25) is 0 Å². The normalized spacial score (nSPS) is 11.1. The molecule has 164 valence electrons. The van der Waals surface area contributed by atoms with Gasteiger partial charge in [-0.15, -0.1) is 0 Å². The lowest BCUT2D eigenvalue weighted by atomic mass is 10.1. The van der Waals surface area contributed by atoms with Crippen molar-refractivity contribution in [3.63, 3.8) is 0 Å². The molecule has 0 aromatic heterocycles. The summed E-state index contributed by atoms with van der Waals surface area (Å²) in [5.74, 6) is 0.861. The fourth-order valence-corrected chi connectivity index (χ4v) is 3.89. The van der Waals surface area contributed by atoms with Gasteiger partial charge in [-0.25, -0.2) is 8.42 Å². The van der Waals surface area contributed by atoms with Crippen molar-refractivity contribution in [2.45, 2.75) is 34.2 Å². The van der Waals surface area contributed by atoms with Crippen molar-refractivity contribution in [3.8, 4) is 11.5 Å². The molecule has 0 spiro atoms. The van der Waals surface area contributed by atoms with Gasteiger partial charge < -0.3 is 14.8 Å². The van der Waals surface area contributed by atoms with Gasteiger partial charge in [0.05, 0.1) is 25.2 Å². The number of hydrogen-bond acceptors (Lipinski definition) is 5. The first-order chi connectivity index (χ1) is 14.2. The molecule has 0 aliphatic heterocycles. The Labute approximate surface area is 179 Å². The summed E-state index contributed by atoms with van der Waals surface area (Å²) in [7, 11) is -3.63. The second-order valence-electron chi connectivity index (χ2n) is 6.91. The lowest BCUT2D eigenvalue weighted by Gasteiger charge is -2.24. The summed E-state index contributed by atoms with van der Waals surface area (Å²) in [6, 6.07) is 10.8. The van der Waals surface area contributed by atoms with Crippen LogP contribution in [0.4, 0.5) is 5.69 Å². The van der Waals surface area contributed by atoms with Gasteiger partial charge in [-0.3, -0.25) is 9.10 Å². The van der Waals surface area contributed by atoms with Crippen molar-refractivity contribution in [3.05, 3.63) is 53.1 Å². The summed E-state index contributed by atoms with van der Waals surface area (Å²) in [5, 5.41) is 2.78. The highest BCUT2D eigenvalue weighted by atomic mass is 32.2. The molecule has 30 heavy (non-hydrogen) atoms. The molecule has 1 N–H and O–H groups in total. The Hall–Kier alpha value is -2.74. The summed E-state index contributed by atoms with van der Waals surface area (Å²) >= 11 is 0. The standard InChI is InChI=1S/C22H30N2O5S/c1-6-28-20-12-11-18(13-21(20)29-7-2)14-23-22(25)15-24(30(5,26)27)19-10-8-9-16(3)17(19)4/h8-13H,6-7,14-15H2,1-5H3,(H,23,25). The summed E-state index contributed by atoms with van der Waals surface area (Å²) in [4.78, 5) is 12.5. The number of benzene rings is 2. The first kappa shape index (κ1) is 23.5. The zero-order valence-corrected chi connectivity index (χ0v) is 19.0. The van der Waals surface area contributed by atoms with E-state index in [9.17, 15) is 13.2 Å². The summed E-state index contributed by atoms with van der Waals surface area (Å²) < 4.78 is 37.0. The molecule has 0 saturated heterocycles. The van der Waals surface area contributed by atoms with Crippen LogP contribution in [0.15, 0.2) is 36.4 Å². The van der Waals surface area contributed by atoms with Gasteiger partial charge in [0.2, 0.25) is 15.9 Å². The first-order valence-electron chi connectivity index (χ1n) is 9.86. The smallest absolute Gasteiger partial charge is 0.241 e. The van der Waals surface area contributed by atoms with Crippen molar-refractivity contribution < 1.29 is 22.7 Å². The summed E-state index contributed by atoms with van der Waals surface area (Å²) in [6.45, 7) is 8.50. The molecular formula is C22H30N2O5S. The van der Waals surface area contributed by atoms with Crippen molar-refractivity contribution >= 4 is 21.6 Å². The number of amides is 1. The second kappa shape index (κ2) is 10.3. The number of ether oxygens (including phenoxy) is 2. The number of hydrogen-bond donors (Lipinski definition) is 1. The number of anilines is 1. The minimum absolute atomic E-state index is 0.246. The Balaban J connectivity index is 2.13. The molecule has 1 amide bonds. The minimum Gasteiger partial charge on any atom is -0.490 e. The average Bonchev–Trinajstić information content (AvgIpc) is 2.68. The van der Waals surface area contributed by atoms with E-state index < -0.39 is 15.9 Å². The van der Waals surface area contributed by atoms with Crippen LogP contribution in [0.5, 0.6) is 11.5 Å². The molecule has 0 radical (unpaired) electrons. The quantitative estimate of drug-likeness (QED) is 0.621. The zero-order chi connectivity index (χ0) is 22.3. The van der Waals surface area contributed by atoms with Crippen LogP contribution in [0, 0.1) is 13.8 Å². The molecule has 0 saturated carbocycles. The molecule has 0 bridgehead atoms. The van der Waals surface area contributed by atoms with Gasteiger partial charge in [-0.05, 0) is 62.6 Å². The molecule has 0 unspecified atom stereocenters. The maximum atomic E-state index is 12.5. The summed E-state index contributed by atoms with van der Waals surface area (Å²) in [6.07, 6.45) is 1.10. The Kier molecular flexibility index (Phi) is 8.11. The van der Waals surface area contributed by atoms with E-state index >= 15 is 0 Å². The molecule has 0 aliphatic rings. The highest BCUT2D eigenvalue weighted by Crippen LogP contribution is 2.28. The Morgan fingerprint density at radius 1 is 1.03 bits per heavy atom. The van der Waals surface area contributed by atoms with Gasteiger partial charge in [0.15, 0.2) is 11.5 Å². The number of aryl methyl sites for hydroxylation is 1. The average molecular weight is 435 g/mol. The van der Waals surface area contributed by atoms with Gasteiger partial charge in [0, 0.05) is 6.54 Å². The van der Waals surface area contributed by atoms with Crippen LogP contribution in [0.3, 0.4) is 0 Å². The third kappa shape index (κ3) is 6.13. The highest BCUT2D eigenvalue weighted by molar-refractivity contribution is 7.92. The maximum Gasteiger partial charge on any atom is 0.241 e. The molecule has 2 aromatic carbocycles. The van der Waals surface area contributed by atoms with Crippen LogP contribution in [0.1, 0.15) is 30.5 Å². The number of carbonyl (C=O) groups excluding carboxylic acids is 1. The SMILES string of the molecule is CCOc1ccc(CNC(=O)CN(c2cccc(C)c2C)S(C)(=O)=O)cc1OCC. The fraction of sp³-hybridized carbons (Fsp3) is 0.409. The number of rotatable bonds is 10. The third-order valence-corrected chi connectivity index (χ3v) is 5.76. The van der Waals surface area contributed by atoms with E-state index in [0.717, 1.165) is 27.3 Å². The van der Waals surface area contributed by atoms with Gasteiger partial charge in [-0.1, -0.05) is 18.2 Å². The lowest BCUT2D eigenvalue weighted by Crippen LogP contribution is -2.40. The molecule has 0 fully saturated rings. The predicted molar refractivity (Wildman–Crippen MR) is 119 cm³/mol. The predicted octanol–water partition coefficient (Wildman–Crippen LogP) is 3.18. The topological polar surface area (TPSA) is 84.9 Å². The monoisotopic (exact) mass is 434 g/mol. The molecule has 2 rings (SSSR count). The second-order valence-corrected chi connectivity index (χ2v) is 8.82. The molecule has 0 aliphatic carbocycles. The van der Waals surface area contributed by atoms with Crippen LogP contribution in [-0.2, 0) is 21.4 Å². The van der Waals surface area contributed by atoms with Crippen LogP contribution in [0.25, 0.3) is 0 Å². The van der Waals surface area contributed by atoms with E-state index in [1.807, 2.05) is 45.9 Å². The molecule has 7 nitrogen and oxygen atoms in total. The van der Waals surface area contributed by atoms with Crippen molar-refractivity contribution in [2.75, 3.05) is 30.3 Å². The number of nitrogens with one attached hydrogen (secondary N) is 1. The molecule has 8 heteroatoms. The molecule has 0 atom stereocenters. The molecule has 0 heterocycles. The Bertz CT molecular complexity index is 989. The number of carbonyl (C=O) groups is 1. The van der Waals surface area contributed by atoms with E-state index in [-0.39, 0.29) is 13.1 Å². The van der Waals surface area contributed by atoms with E-state index in [4.69, 9.17) is 9.47 Å². The van der Waals surface area contributed by atoms with Gasteiger partial charge >= 0.3 is 0 Å².